The van der Waals surface area contributed by atoms with Crippen molar-refractivity contribution in [1.29, 1.82) is 0 Å². The van der Waals surface area contributed by atoms with E-state index in [2.05, 4.69) is 20.7 Å². The molecule has 0 aliphatic carbocycles. The molecule has 0 saturated carbocycles. The normalized spacial score (nSPS) is 10.8. The van der Waals surface area contributed by atoms with E-state index in [1.165, 1.54) is 26.2 Å². The molecule has 5 aromatic rings. The van der Waals surface area contributed by atoms with Crippen LogP contribution in [0.25, 0.3) is 16.8 Å². The second-order valence-corrected chi connectivity index (χ2v) is 10.8. The van der Waals surface area contributed by atoms with E-state index < -0.39 is 0 Å². The lowest BCUT2D eigenvalue weighted by Gasteiger charge is -2.22. The number of ether oxygens (including phenoxy) is 1. The number of carbonyl (C=O) groups is 3. The first-order valence-corrected chi connectivity index (χ1v) is 14.5. The first kappa shape index (κ1) is 31.6. The highest BCUT2D eigenvalue weighted by molar-refractivity contribution is 5.95. The van der Waals surface area contributed by atoms with E-state index in [4.69, 9.17) is 4.74 Å². The van der Waals surface area contributed by atoms with Crippen molar-refractivity contribution in [2.75, 3.05) is 44.9 Å². The number of fused-ring (bicyclic) bond motifs is 1. The van der Waals surface area contributed by atoms with Crippen LogP contribution in [-0.2, 0) is 16.0 Å². The molecule has 0 radical (unpaired) electrons. The first-order chi connectivity index (χ1) is 22.1. The van der Waals surface area contributed by atoms with E-state index >= 15 is 0 Å². The topological polar surface area (TPSA) is 121 Å². The molecule has 0 atom stereocenters. The standard InChI is InChI=1S/C34H34FN7O4/c1-22(43)40(2)17-18-41(3)33(45)25-9-15-29(30(20-25)46-4)37-34-38-31-16-10-26(21-42(31)39-34)24-7-13-28(14-8-24)36-32(44)19-23-5-11-27(35)12-6-23/h5-16,20-21H,17-19H2,1-4H3,(H,36,44)(H,37,39). The summed E-state index contributed by atoms with van der Waals surface area (Å²) in [4.78, 5) is 44.5. The molecule has 11 nitrogen and oxygen atoms in total. The van der Waals surface area contributed by atoms with Crippen LogP contribution in [0.5, 0.6) is 5.75 Å². The zero-order chi connectivity index (χ0) is 32.8. The van der Waals surface area contributed by atoms with Crippen molar-refractivity contribution >= 4 is 40.7 Å². The molecular formula is C34H34FN7O4. The van der Waals surface area contributed by atoms with Crippen molar-refractivity contribution < 1.29 is 23.5 Å². The van der Waals surface area contributed by atoms with Crippen molar-refractivity contribution in [3.63, 3.8) is 0 Å². The maximum absolute atomic E-state index is 13.1. The minimum absolute atomic E-state index is 0.0628. The molecule has 5 rings (SSSR count). The number of pyridine rings is 1. The zero-order valence-corrected chi connectivity index (χ0v) is 26.0. The minimum Gasteiger partial charge on any atom is -0.495 e. The summed E-state index contributed by atoms with van der Waals surface area (Å²) >= 11 is 0. The maximum Gasteiger partial charge on any atom is 0.253 e. The van der Waals surface area contributed by atoms with Crippen LogP contribution < -0.4 is 15.4 Å². The van der Waals surface area contributed by atoms with E-state index in [0.717, 1.165) is 16.7 Å². The third kappa shape index (κ3) is 7.65. The highest BCUT2D eigenvalue weighted by Crippen LogP contribution is 2.29. The molecule has 0 unspecified atom stereocenters. The number of rotatable bonds is 11. The summed E-state index contributed by atoms with van der Waals surface area (Å²) in [5.74, 6) is 0.00585. The molecule has 0 spiro atoms. The van der Waals surface area contributed by atoms with Gasteiger partial charge in [0.15, 0.2) is 5.65 Å². The van der Waals surface area contributed by atoms with Gasteiger partial charge in [-0.2, -0.15) is 4.98 Å². The maximum atomic E-state index is 13.1. The number of likely N-dealkylation sites (N-methyl/N-ethyl adjacent to an activating group) is 2. The Morgan fingerprint density at radius 3 is 2.28 bits per heavy atom. The molecule has 2 aromatic heterocycles. The Hall–Kier alpha value is -5.78. The summed E-state index contributed by atoms with van der Waals surface area (Å²) < 4.78 is 20.3. The molecule has 236 valence electrons. The molecule has 0 bridgehead atoms. The SMILES string of the molecule is COc1cc(C(=O)N(C)CCN(C)C(C)=O)ccc1Nc1nc2ccc(-c3ccc(NC(=O)Cc4ccc(F)cc4)cc3)cn2n1. The average Bonchev–Trinajstić information content (AvgIpc) is 3.46. The predicted molar refractivity (Wildman–Crippen MR) is 174 cm³/mol. The van der Waals surface area contributed by atoms with Gasteiger partial charge in [0.2, 0.25) is 17.8 Å². The van der Waals surface area contributed by atoms with Crippen LogP contribution >= 0.6 is 0 Å². The molecule has 0 fully saturated rings. The van der Waals surface area contributed by atoms with Gasteiger partial charge in [0.05, 0.1) is 19.2 Å². The summed E-state index contributed by atoms with van der Waals surface area (Å²) in [5, 5.41) is 10.6. The smallest absolute Gasteiger partial charge is 0.253 e. The highest BCUT2D eigenvalue weighted by Gasteiger charge is 2.17. The number of methoxy groups -OCH3 is 1. The van der Waals surface area contributed by atoms with Crippen LogP contribution in [0.1, 0.15) is 22.8 Å². The van der Waals surface area contributed by atoms with Crippen molar-refractivity contribution in [1.82, 2.24) is 24.4 Å². The minimum atomic E-state index is -0.340. The summed E-state index contributed by atoms with van der Waals surface area (Å²) in [6.45, 7) is 2.31. The lowest BCUT2D eigenvalue weighted by atomic mass is 10.1. The quantitative estimate of drug-likeness (QED) is 0.212. The van der Waals surface area contributed by atoms with Crippen molar-refractivity contribution in [3.05, 3.63) is 102 Å². The van der Waals surface area contributed by atoms with E-state index in [1.807, 2.05) is 42.6 Å². The summed E-state index contributed by atoms with van der Waals surface area (Å²) in [5.41, 5.74) is 4.85. The van der Waals surface area contributed by atoms with Crippen LogP contribution in [0, 0.1) is 5.82 Å². The molecule has 0 aliphatic rings. The molecule has 2 N–H and O–H groups in total. The third-order valence-electron chi connectivity index (χ3n) is 7.46. The van der Waals surface area contributed by atoms with Gasteiger partial charge in [-0.3, -0.25) is 14.4 Å². The van der Waals surface area contributed by atoms with Gasteiger partial charge in [0, 0.05) is 57.1 Å². The Bertz CT molecular complexity index is 1870. The molecule has 3 amide bonds. The Labute approximate surface area is 265 Å². The second-order valence-electron chi connectivity index (χ2n) is 10.8. The monoisotopic (exact) mass is 623 g/mol. The largest absolute Gasteiger partial charge is 0.495 e. The lowest BCUT2D eigenvalue weighted by Crippen LogP contribution is -2.36. The van der Waals surface area contributed by atoms with Crippen LogP contribution in [0.4, 0.5) is 21.7 Å². The molecule has 0 aliphatic heterocycles. The number of benzene rings is 3. The van der Waals surface area contributed by atoms with Crippen molar-refractivity contribution in [3.8, 4) is 16.9 Å². The van der Waals surface area contributed by atoms with Crippen LogP contribution in [0.2, 0.25) is 0 Å². The number of hydrogen-bond acceptors (Lipinski definition) is 7. The van der Waals surface area contributed by atoms with Gasteiger partial charge in [-0.25, -0.2) is 8.91 Å². The zero-order valence-electron chi connectivity index (χ0n) is 26.0. The number of anilines is 3. The number of halogens is 1. The molecule has 2 heterocycles. The van der Waals surface area contributed by atoms with Crippen LogP contribution in [0.15, 0.2) is 85.1 Å². The fourth-order valence-corrected chi connectivity index (χ4v) is 4.67. The Morgan fingerprint density at radius 1 is 0.891 bits per heavy atom. The summed E-state index contributed by atoms with van der Waals surface area (Å²) in [7, 11) is 4.90. The number of aromatic nitrogens is 3. The van der Waals surface area contributed by atoms with Crippen molar-refractivity contribution in [2.24, 2.45) is 0 Å². The van der Waals surface area contributed by atoms with Gasteiger partial charge >= 0.3 is 0 Å². The Balaban J connectivity index is 1.24. The third-order valence-corrected chi connectivity index (χ3v) is 7.46. The fraction of sp³-hybridized carbons (Fsp3) is 0.206. The van der Waals surface area contributed by atoms with Crippen LogP contribution in [0.3, 0.4) is 0 Å². The molecule has 12 heteroatoms. The lowest BCUT2D eigenvalue weighted by molar-refractivity contribution is -0.127. The van der Waals surface area contributed by atoms with Gasteiger partial charge in [-0.15, -0.1) is 5.10 Å². The predicted octanol–water partition coefficient (Wildman–Crippen LogP) is 5.02. The average molecular weight is 624 g/mol. The number of carbonyl (C=O) groups excluding carboxylic acids is 3. The second kappa shape index (κ2) is 13.9. The van der Waals surface area contributed by atoms with Gasteiger partial charge in [-0.1, -0.05) is 24.3 Å². The summed E-state index contributed by atoms with van der Waals surface area (Å²) in [6, 6.07) is 22.2. The molecule has 0 saturated heterocycles. The van der Waals surface area contributed by atoms with E-state index in [1.54, 1.807) is 58.7 Å². The first-order valence-electron chi connectivity index (χ1n) is 14.5. The number of amides is 3. The van der Waals surface area contributed by atoms with Gasteiger partial charge in [0.1, 0.15) is 11.6 Å². The number of nitrogens with one attached hydrogen (secondary N) is 2. The highest BCUT2D eigenvalue weighted by atomic mass is 19.1. The van der Waals surface area contributed by atoms with E-state index in [0.29, 0.717) is 47.4 Å². The molecule has 3 aromatic carbocycles. The Morgan fingerprint density at radius 2 is 1.59 bits per heavy atom. The van der Waals surface area contributed by atoms with E-state index in [-0.39, 0.29) is 30.0 Å². The van der Waals surface area contributed by atoms with Gasteiger partial charge in [-0.05, 0) is 65.7 Å². The molecule has 46 heavy (non-hydrogen) atoms. The number of nitrogens with zero attached hydrogens (tertiary/aromatic N) is 5. The molecular weight excluding hydrogens is 589 g/mol. The number of hydrogen-bond donors (Lipinski definition) is 2. The van der Waals surface area contributed by atoms with Gasteiger partial charge in [0.25, 0.3) is 5.91 Å². The van der Waals surface area contributed by atoms with Crippen LogP contribution in [-0.4, -0.2) is 76.4 Å². The van der Waals surface area contributed by atoms with Gasteiger partial charge < -0.3 is 25.2 Å². The Kier molecular flexibility index (Phi) is 9.55. The van der Waals surface area contributed by atoms with Crippen molar-refractivity contribution in [2.45, 2.75) is 13.3 Å². The summed E-state index contributed by atoms with van der Waals surface area (Å²) in [6.07, 6.45) is 2.00. The van der Waals surface area contributed by atoms with E-state index in [9.17, 15) is 18.8 Å². The fourth-order valence-electron chi connectivity index (χ4n) is 4.67.